The van der Waals surface area contributed by atoms with Crippen molar-refractivity contribution in [2.24, 2.45) is 0 Å². The maximum absolute atomic E-state index is 9.83. The molecule has 7 heavy (non-hydrogen) atoms. The molecular weight excluding hydrogens is 141 g/mol. The fourth-order valence-corrected chi connectivity index (χ4v) is 0. The van der Waals surface area contributed by atoms with E-state index in [4.69, 9.17) is 0 Å². The van der Waals surface area contributed by atoms with Crippen LogP contribution in [0.3, 0.4) is 0 Å². The Morgan fingerprint density at radius 1 is 1.43 bits per heavy atom. The van der Waals surface area contributed by atoms with Crippen molar-refractivity contribution in [2.45, 2.75) is 0 Å². The van der Waals surface area contributed by atoms with Gasteiger partial charge in [0, 0.05) is 6.26 Å². The van der Waals surface area contributed by atoms with Crippen LogP contribution in [0.2, 0.25) is 0 Å². The molecule has 0 saturated heterocycles. The van der Waals surface area contributed by atoms with Gasteiger partial charge in [-0.2, -0.15) is 7.05 Å². The smallest absolute Gasteiger partial charge is 0.552 e. The van der Waals surface area contributed by atoms with Gasteiger partial charge in [-0.25, -0.2) is 8.42 Å². The summed E-state index contributed by atoms with van der Waals surface area (Å²) in [5, 5.41) is 0. The number of sulfonamides is 1. The Hall–Kier alpha value is 1.55. The van der Waals surface area contributed by atoms with Crippen LogP contribution in [-0.2, 0) is 10.0 Å². The Labute approximate surface area is 86.3 Å². The van der Waals surface area contributed by atoms with Crippen molar-refractivity contribution in [2.75, 3.05) is 13.3 Å². The number of hydrogen-bond acceptors (Lipinski definition) is 2. The molecule has 0 radical (unpaired) electrons. The Bertz CT molecular complexity index is 118. The maximum atomic E-state index is 9.83. The van der Waals surface area contributed by atoms with E-state index in [-0.39, 0.29) is 51.4 Å². The molecule has 0 bridgehead atoms. The Morgan fingerprint density at radius 3 is 1.57 bits per heavy atom. The molecule has 0 spiro atoms. The molecule has 0 N–H and O–H groups in total. The van der Waals surface area contributed by atoms with E-state index >= 15 is 0 Å². The zero-order valence-electron chi connectivity index (χ0n) is 4.67. The molecule has 0 aliphatic heterocycles. The Kier molecular flexibility index (Phi) is 7.18. The summed E-state index contributed by atoms with van der Waals surface area (Å²) in [6.07, 6.45) is 1.05. The van der Waals surface area contributed by atoms with Crippen LogP contribution in [0.5, 0.6) is 0 Å². The van der Waals surface area contributed by atoms with Crippen LogP contribution in [0.25, 0.3) is 4.72 Å². The van der Waals surface area contributed by atoms with Crippen molar-refractivity contribution >= 4 is 10.0 Å². The molecule has 0 fully saturated rings. The van der Waals surface area contributed by atoms with Crippen LogP contribution in [-0.4, -0.2) is 21.7 Å². The molecule has 0 aliphatic carbocycles. The van der Waals surface area contributed by atoms with Gasteiger partial charge in [0.05, 0.1) is 10.0 Å². The molecule has 0 unspecified atom stereocenters. The van der Waals surface area contributed by atoms with Gasteiger partial charge in [-0.3, -0.25) is 0 Å². The molecule has 0 atom stereocenters. The quantitative estimate of drug-likeness (QED) is 0.370. The monoisotopic (exact) mass is 147 g/mol. The maximum Gasteiger partial charge on any atom is 1.00 e. The molecule has 0 aromatic rings. The first-order valence-electron chi connectivity index (χ1n) is 1.37. The van der Waals surface area contributed by atoms with Crippen LogP contribution in [0.1, 0.15) is 0 Å². The molecule has 0 heterocycles. The van der Waals surface area contributed by atoms with Gasteiger partial charge in [0.2, 0.25) is 0 Å². The summed E-state index contributed by atoms with van der Waals surface area (Å²) in [6.45, 7) is 0. The zero-order valence-corrected chi connectivity index (χ0v) is 8.61. The van der Waals surface area contributed by atoms with Crippen LogP contribution in [0.15, 0.2) is 0 Å². The summed E-state index contributed by atoms with van der Waals surface area (Å²) in [7, 11) is -1.79. The Balaban J connectivity index is 0. The minimum atomic E-state index is -3.04. The summed E-state index contributed by atoms with van der Waals surface area (Å²) < 4.78 is 22.7. The van der Waals surface area contributed by atoms with Gasteiger partial charge in [0.25, 0.3) is 0 Å². The van der Waals surface area contributed by atoms with Crippen LogP contribution < -0.4 is 51.4 Å². The summed E-state index contributed by atoms with van der Waals surface area (Å²) in [5.41, 5.74) is 0. The number of hydrogen-bond donors (Lipinski definition) is 0. The van der Waals surface area contributed by atoms with E-state index < -0.39 is 10.0 Å². The van der Waals surface area contributed by atoms with Gasteiger partial charge in [0.1, 0.15) is 0 Å². The van der Waals surface area contributed by atoms with Crippen molar-refractivity contribution < 1.29 is 59.8 Å². The van der Waals surface area contributed by atoms with E-state index in [2.05, 4.69) is 4.72 Å². The average Bonchev–Trinajstić information content (AvgIpc) is 1.35. The van der Waals surface area contributed by atoms with Crippen LogP contribution >= 0.6 is 0 Å². The van der Waals surface area contributed by atoms with Gasteiger partial charge in [-0.15, -0.1) is 0 Å². The normalized spacial score (nSPS) is 10.0. The van der Waals surface area contributed by atoms with Gasteiger partial charge >= 0.3 is 51.4 Å². The minimum absolute atomic E-state index is 0. The first-order valence-corrected chi connectivity index (χ1v) is 3.22. The van der Waals surface area contributed by atoms with E-state index in [1.165, 1.54) is 7.05 Å². The second kappa shape index (κ2) is 4.43. The van der Waals surface area contributed by atoms with Crippen molar-refractivity contribution in [1.29, 1.82) is 0 Å². The topological polar surface area (TPSA) is 48.2 Å². The van der Waals surface area contributed by atoms with Crippen LogP contribution in [0, 0.1) is 0 Å². The molecule has 38 valence electrons. The van der Waals surface area contributed by atoms with Gasteiger partial charge in [0.15, 0.2) is 0 Å². The largest absolute Gasteiger partial charge is 1.00 e. The SMILES string of the molecule is C[N-]S(C)(=O)=O.[K+]. The predicted molar refractivity (Wildman–Crippen MR) is 24.1 cm³/mol. The van der Waals surface area contributed by atoms with E-state index in [9.17, 15) is 8.42 Å². The van der Waals surface area contributed by atoms with E-state index in [0.717, 1.165) is 6.26 Å². The second-order valence-corrected chi connectivity index (χ2v) is 2.75. The fourth-order valence-electron chi connectivity index (χ4n) is 0. The van der Waals surface area contributed by atoms with Crippen molar-refractivity contribution in [3.63, 3.8) is 0 Å². The van der Waals surface area contributed by atoms with E-state index in [1.54, 1.807) is 0 Å². The molecule has 3 nitrogen and oxygen atoms in total. The summed E-state index contributed by atoms with van der Waals surface area (Å²) in [4.78, 5) is 0. The second-order valence-electron chi connectivity index (χ2n) is 0.916. The minimum Gasteiger partial charge on any atom is -0.552 e. The zero-order chi connectivity index (χ0) is 5.21. The molecule has 0 aromatic heterocycles. The predicted octanol–water partition coefficient (Wildman–Crippen LogP) is -3.05. The van der Waals surface area contributed by atoms with Gasteiger partial charge in [-0.05, 0) is 0 Å². The molecule has 0 aliphatic rings. The molecule has 0 aromatic carbocycles. The fraction of sp³-hybridized carbons (Fsp3) is 1.00. The van der Waals surface area contributed by atoms with Gasteiger partial charge in [-0.1, -0.05) is 0 Å². The third-order valence-electron chi connectivity index (χ3n) is 0.332. The first-order chi connectivity index (χ1) is 2.56. The molecule has 0 amide bonds. The molecule has 0 saturated carbocycles. The third-order valence-corrected chi connectivity index (χ3v) is 0.995. The summed E-state index contributed by atoms with van der Waals surface area (Å²) in [5.74, 6) is 0. The molecule has 5 heteroatoms. The first kappa shape index (κ1) is 11.4. The Morgan fingerprint density at radius 2 is 1.57 bits per heavy atom. The average molecular weight is 147 g/mol. The van der Waals surface area contributed by atoms with Crippen molar-refractivity contribution in [1.82, 2.24) is 0 Å². The molecule has 0 rings (SSSR count). The van der Waals surface area contributed by atoms with Gasteiger partial charge < -0.3 is 4.72 Å². The summed E-state index contributed by atoms with van der Waals surface area (Å²) >= 11 is 0. The van der Waals surface area contributed by atoms with E-state index in [0.29, 0.717) is 0 Å². The molecular formula is C2H6KNO2S. The van der Waals surface area contributed by atoms with Crippen molar-refractivity contribution in [3.05, 3.63) is 4.72 Å². The van der Waals surface area contributed by atoms with Crippen LogP contribution in [0.4, 0.5) is 0 Å². The van der Waals surface area contributed by atoms with E-state index in [1.807, 2.05) is 0 Å². The third kappa shape index (κ3) is 11.2. The number of rotatable bonds is 1. The summed E-state index contributed by atoms with van der Waals surface area (Å²) in [6, 6.07) is 0. The van der Waals surface area contributed by atoms with Crippen molar-refractivity contribution in [3.8, 4) is 0 Å². The standard InChI is InChI=1S/C2H6NO2S.K/c1-3-6(2,4)5;/h1-2H3;/q-1;+1. The number of nitrogens with zero attached hydrogens (tertiary/aromatic N) is 1.